The molecule has 1 unspecified atom stereocenters. The predicted molar refractivity (Wildman–Crippen MR) is 49.2 cm³/mol. The summed E-state index contributed by atoms with van der Waals surface area (Å²) >= 11 is 0. The summed E-state index contributed by atoms with van der Waals surface area (Å²) in [6.07, 6.45) is 2.65. The molecule has 13 heavy (non-hydrogen) atoms. The molecule has 1 heterocycles. The van der Waals surface area contributed by atoms with Crippen molar-refractivity contribution in [3.8, 4) is 6.07 Å². The van der Waals surface area contributed by atoms with Crippen molar-refractivity contribution >= 4 is 0 Å². The van der Waals surface area contributed by atoms with Crippen LogP contribution >= 0.6 is 0 Å². The molecule has 1 saturated heterocycles. The summed E-state index contributed by atoms with van der Waals surface area (Å²) in [5.74, 6) is 0. The third-order valence-electron chi connectivity index (χ3n) is 2.24. The van der Waals surface area contributed by atoms with Crippen LogP contribution in [0, 0.1) is 11.3 Å². The maximum Gasteiger partial charge on any atom is 0.0991 e. The van der Waals surface area contributed by atoms with Crippen molar-refractivity contribution in [3.63, 3.8) is 0 Å². The number of hydrogen-bond donors (Lipinski definition) is 0. The average Bonchev–Trinajstić information content (AvgIpc) is 2.99. The smallest absolute Gasteiger partial charge is 0.0991 e. The number of nitriles is 1. The topological polar surface area (TPSA) is 36.3 Å². The van der Waals surface area contributed by atoms with E-state index in [1.807, 2.05) is 24.3 Å². The van der Waals surface area contributed by atoms with E-state index >= 15 is 0 Å². The Morgan fingerprint density at radius 3 is 2.62 bits per heavy atom. The van der Waals surface area contributed by atoms with Crippen molar-refractivity contribution in [2.75, 3.05) is 6.61 Å². The summed E-state index contributed by atoms with van der Waals surface area (Å²) in [5.41, 5.74) is 2.01. The predicted octanol–water partition coefficient (Wildman–Crippen LogP) is 1.89. The molecule has 0 amide bonds. The van der Waals surface area contributed by atoms with Crippen LogP contribution in [0.4, 0.5) is 0 Å². The van der Waals surface area contributed by atoms with E-state index in [0.29, 0.717) is 6.10 Å². The van der Waals surface area contributed by atoms with E-state index in [9.17, 15) is 0 Å². The zero-order valence-corrected chi connectivity index (χ0v) is 7.36. The first-order valence-electron chi connectivity index (χ1n) is 4.49. The van der Waals surface area contributed by atoms with Gasteiger partial charge in [-0.15, -0.1) is 0 Å². The van der Waals surface area contributed by atoms with E-state index in [1.165, 1.54) is 5.56 Å². The van der Waals surface area contributed by atoms with Gasteiger partial charge >= 0.3 is 0 Å². The highest BCUT2D eigenvalue weighted by Gasteiger charge is 2.21. The molecule has 1 aliphatic heterocycles. The Kier molecular flexibility index (Phi) is 2.29. The third kappa shape index (κ3) is 2.30. The zero-order valence-electron chi connectivity index (χ0n) is 7.36. The molecular weight excluding hydrogens is 162 g/mol. The zero-order chi connectivity index (χ0) is 9.10. The van der Waals surface area contributed by atoms with Crippen molar-refractivity contribution < 1.29 is 4.74 Å². The molecule has 0 N–H and O–H groups in total. The Balaban J connectivity index is 1.93. The van der Waals surface area contributed by atoms with Gasteiger partial charge in [0, 0.05) is 0 Å². The van der Waals surface area contributed by atoms with Gasteiger partial charge in [-0.1, -0.05) is 12.1 Å². The molecule has 0 aliphatic carbocycles. The van der Waals surface area contributed by atoms with Crippen LogP contribution < -0.4 is 0 Å². The minimum Gasteiger partial charge on any atom is -0.373 e. The molecule has 2 heteroatoms. The molecular formula is C11H11NO. The first kappa shape index (κ1) is 8.28. The van der Waals surface area contributed by atoms with E-state index in [4.69, 9.17) is 10.00 Å². The molecule has 0 bridgehead atoms. The van der Waals surface area contributed by atoms with Gasteiger partial charge in [0.1, 0.15) is 0 Å². The fourth-order valence-electron chi connectivity index (χ4n) is 1.31. The lowest BCUT2D eigenvalue weighted by molar-refractivity contribution is 0.397. The minimum atomic E-state index is 0.496. The summed E-state index contributed by atoms with van der Waals surface area (Å²) < 4.78 is 5.12. The molecule has 1 fully saturated rings. The molecule has 0 aromatic heterocycles. The Morgan fingerprint density at radius 1 is 1.38 bits per heavy atom. The number of hydrogen-bond acceptors (Lipinski definition) is 2. The minimum absolute atomic E-state index is 0.496. The van der Waals surface area contributed by atoms with Gasteiger partial charge in [-0.2, -0.15) is 5.26 Å². The van der Waals surface area contributed by atoms with Crippen LogP contribution in [0.15, 0.2) is 24.3 Å². The number of epoxide rings is 1. The molecule has 1 aliphatic rings. The quantitative estimate of drug-likeness (QED) is 0.654. The van der Waals surface area contributed by atoms with Crippen LogP contribution in [0.2, 0.25) is 0 Å². The summed E-state index contributed by atoms with van der Waals surface area (Å²) in [7, 11) is 0. The highest BCUT2D eigenvalue weighted by atomic mass is 16.6. The molecule has 0 spiro atoms. The lowest BCUT2D eigenvalue weighted by Crippen LogP contribution is -1.90. The van der Waals surface area contributed by atoms with Crippen LogP contribution in [0.1, 0.15) is 17.5 Å². The summed E-state index contributed by atoms with van der Waals surface area (Å²) in [6.45, 7) is 0.927. The molecule has 66 valence electrons. The second-order valence-electron chi connectivity index (χ2n) is 3.30. The first-order valence-corrected chi connectivity index (χ1v) is 4.49. The Bertz CT molecular complexity index is 319. The molecule has 0 radical (unpaired) electrons. The standard InChI is InChI=1S/C11H11NO/c12-7-10-3-1-9(2-4-10)5-6-11-8-13-11/h1-4,11H,5-6,8H2. The Labute approximate surface area is 77.8 Å². The van der Waals surface area contributed by atoms with Gasteiger partial charge in [-0.05, 0) is 30.5 Å². The van der Waals surface area contributed by atoms with Crippen LogP contribution in [0.25, 0.3) is 0 Å². The van der Waals surface area contributed by atoms with E-state index in [1.54, 1.807) is 0 Å². The maximum absolute atomic E-state index is 8.59. The van der Waals surface area contributed by atoms with Crippen molar-refractivity contribution in [2.45, 2.75) is 18.9 Å². The summed E-state index contributed by atoms with van der Waals surface area (Å²) in [5, 5.41) is 8.59. The van der Waals surface area contributed by atoms with E-state index in [0.717, 1.165) is 25.0 Å². The summed E-state index contributed by atoms with van der Waals surface area (Å²) in [4.78, 5) is 0. The van der Waals surface area contributed by atoms with Crippen LogP contribution in [-0.2, 0) is 11.2 Å². The van der Waals surface area contributed by atoms with Crippen LogP contribution in [0.3, 0.4) is 0 Å². The van der Waals surface area contributed by atoms with Crippen molar-refractivity contribution in [1.82, 2.24) is 0 Å². The molecule has 1 aromatic carbocycles. The van der Waals surface area contributed by atoms with Gasteiger partial charge in [-0.3, -0.25) is 0 Å². The maximum atomic E-state index is 8.59. The number of benzene rings is 1. The largest absolute Gasteiger partial charge is 0.373 e. The normalized spacial score (nSPS) is 19.5. The molecule has 1 aromatic rings. The van der Waals surface area contributed by atoms with Crippen molar-refractivity contribution in [1.29, 1.82) is 5.26 Å². The van der Waals surface area contributed by atoms with Crippen molar-refractivity contribution in [2.24, 2.45) is 0 Å². The van der Waals surface area contributed by atoms with E-state index in [2.05, 4.69) is 6.07 Å². The fourth-order valence-corrected chi connectivity index (χ4v) is 1.31. The van der Waals surface area contributed by atoms with Gasteiger partial charge < -0.3 is 4.74 Å². The lowest BCUT2D eigenvalue weighted by Gasteiger charge is -1.98. The van der Waals surface area contributed by atoms with Gasteiger partial charge in [0.2, 0.25) is 0 Å². The van der Waals surface area contributed by atoms with Gasteiger partial charge in [-0.25, -0.2) is 0 Å². The van der Waals surface area contributed by atoms with E-state index in [-0.39, 0.29) is 0 Å². The number of ether oxygens (including phenoxy) is 1. The highest BCUT2D eigenvalue weighted by molar-refractivity contribution is 5.31. The van der Waals surface area contributed by atoms with E-state index < -0.39 is 0 Å². The summed E-state index contributed by atoms with van der Waals surface area (Å²) in [6, 6.07) is 9.86. The second-order valence-corrected chi connectivity index (χ2v) is 3.30. The first-order chi connectivity index (χ1) is 6.38. The van der Waals surface area contributed by atoms with Crippen LogP contribution in [0.5, 0.6) is 0 Å². The van der Waals surface area contributed by atoms with Gasteiger partial charge in [0.25, 0.3) is 0 Å². The monoisotopic (exact) mass is 173 g/mol. The fraction of sp³-hybridized carbons (Fsp3) is 0.364. The molecule has 2 rings (SSSR count). The molecule has 1 atom stereocenters. The third-order valence-corrected chi connectivity index (χ3v) is 2.24. The SMILES string of the molecule is N#Cc1ccc(CCC2CO2)cc1. The van der Waals surface area contributed by atoms with Crippen LogP contribution in [-0.4, -0.2) is 12.7 Å². The number of rotatable bonds is 3. The van der Waals surface area contributed by atoms with Gasteiger partial charge in [0.15, 0.2) is 0 Å². The average molecular weight is 173 g/mol. The number of aryl methyl sites for hydroxylation is 1. The van der Waals surface area contributed by atoms with Gasteiger partial charge in [0.05, 0.1) is 24.3 Å². The van der Waals surface area contributed by atoms with Crippen molar-refractivity contribution in [3.05, 3.63) is 35.4 Å². The highest BCUT2D eigenvalue weighted by Crippen LogP contribution is 2.16. The lowest BCUT2D eigenvalue weighted by atomic mass is 10.1. The Morgan fingerprint density at radius 2 is 2.08 bits per heavy atom. The second kappa shape index (κ2) is 3.59. The Hall–Kier alpha value is -1.33. The molecule has 2 nitrogen and oxygen atoms in total. The number of nitrogens with zero attached hydrogens (tertiary/aromatic N) is 1. The molecule has 0 saturated carbocycles.